The summed E-state index contributed by atoms with van der Waals surface area (Å²) in [5.41, 5.74) is 7.73. The second kappa shape index (κ2) is 5.05. The summed E-state index contributed by atoms with van der Waals surface area (Å²) in [7, 11) is 0. The molecule has 0 aromatic heterocycles. The number of benzene rings is 2. The minimum Gasteiger partial charge on any atom is -0.324 e. The smallest absolute Gasteiger partial charge is 0.324 e. The van der Waals surface area contributed by atoms with Crippen LogP contribution in [0.2, 0.25) is 0 Å². The highest BCUT2D eigenvalue weighted by molar-refractivity contribution is 5.64. The van der Waals surface area contributed by atoms with Crippen molar-refractivity contribution < 1.29 is 13.2 Å². The van der Waals surface area contributed by atoms with Crippen LogP contribution in [0.4, 0.5) is 13.2 Å². The standard InChI is InChI=1S/C15H14F3N/c1-10(19)11-2-4-12(5-3-11)13-6-8-14(9-7-13)15(16,17)18/h2-10H,19H2,1H3. The number of nitrogens with two attached hydrogens (primary N) is 1. The third-order valence-electron chi connectivity index (χ3n) is 2.98. The molecule has 1 nitrogen and oxygen atoms in total. The van der Waals surface area contributed by atoms with Crippen molar-refractivity contribution in [2.75, 3.05) is 0 Å². The van der Waals surface area contributed by atoms with Gasteiger partial charge < -0.3 is 5.73 Å². The molecule has 0 aliphatic heterocycles. The van der Waals surface area contributed by atoms with E-state index in [2.05, 4.69) is 0 Å². The average molecular weight is 265 g/mol. The Balaban J connectivity index is 2.27. The maximum absolute atomic E-state index is 12.4. The van der Waals surface area contributed by atoms with E-state index in [1.54, 1.807) is 0 Å². The zero-order valence-corrected chi connectivity index (χ0v) is 10.4. The Kier molecular flexibility index (Phi) is 3.62. The molecule has 2 rings (SSSR count). The zero-order valence-electron chi connectivity index (χ0n) is 10.4. The van der Waals surface area contributed by atoms with E-state index >= 15 is 0 Å². The molecule has 1 unspecified atom stereocenters. The van der Waals surface area contributed by atoms with Crippen molar-refractivity contribution >= 4 is 0 Å². The molecular formula is C15H14F3N. The van der Waals surface area contributed by atoms with Crippen molar-refractivity contribution in [3.05, 3.63) is 59.7 Å². The predicted octanol–water partition coefficient (Wildman–Crippen LogP) is 4.39. The Morgan fingerprint density at radius 2 is 1.26 bits per heavy atom. The number of hydrogen-bond donors (Lipinski definition) is 1. The molecule has 2 aromatic rings. The van der Waals surface area contributed by atoms with Gasteiger partial charge in [0.15, 0.2) is 0 Å². The van der Waals surface area contributed by atoms with Gasteiger partial charge in [-0.1, -0.05) is 36.4 Å². The number of halogens is 3. The molecule has 0 aliphatic carbocycles. The fourth-order valence-corrected chi connectivity index (χ4v) is 1.83. The summed E-state index contributed by atoms with van der Waals surface area (Å²) in [6.07, 6.45) is -4.29. The SMILES string of the molecule is CC(N)c1ccc(-c2ccc(C(F)(F)F)cc2)cc1. The van der Waals surface area contributed by atoms with E-state index in [9.17, 15) is 13.2 Å². The average Bonchev–Trinajstić information content (AvgIpc) is 2.38. The maximum Gasteiger partial charge on any atom is 0.416 e. The van der Waals surface area contributed by atoms with Crippen LogP contribution in [0.25, 0.3) is 11.1 Å². The topological polar surface area (TPSA) is 26.0 Å². The fourth-order valence-electron chi connectivity index (χ4n) is 1.83. The van der Waals surface area contributed by atoms with Crippen molar-refractivity contribution in [2.45, 2.75) is 19.1 Å². The molecule has 0 bridgehead atoms. The molecule has 0 aliphatic rings. The maximum atomic E-state index is 12.4. The van der Waals surface area contributed by atoms with Crippen molar-refractivity contribution in [3.8, 4) is 11.1 Å². The fraction of sp³-hybridized carbons (Fsp3) is 0.200. The third kappa shape index (κ3) is 3.15. The predicted molar refractivity (Wildman–Crippen MR) is 69.5 cm³/mol. The first-order valence-corrected chi connectivity index (χ1v) is 5.91. The Labute approximate surface area is 109 Å². The van der Waals surface area contributed by atoms with Gasteiger partial charge in [0.05, 0.1) is 5.56 Å². The number of rotatable bonds is 2. The van der Waals surface area contributed by atoms with E-state index in [4.69, 9.17) is 5.73 Å². The van der Waals surface area contributed by atoms with Crippen LogP contribution in [0.3, 0.4) is 0 Å². The lowest BCUT2D eigenvalue weighted by Gasteiger charge is -2.09. The van der Waals surface area contributed by atoms with Crippen LogP contribution < -0.4 is 5.73 Å². The first-order valence-electron chi connectivity index (χ1n) is 5.91. The normalized spacial score (nSPS) is 13.3. The summed E-state index contributed by atoms with van der Waals surface area (Å²) in [6, 6.07) is 12.6. The Bertz CT molecular complexity index is 539. The lowest BCUT2D eigenvalue weighted by atomic mass is 10.0. The van der Waals surface area contributed by atoms with Gasteiger partial charge >= 0.3 is 6.18 Å². The second-order valence-corrected chi connectivity index (χ2v) is 4.49. The largest absolute Gasteiger partial charge is 0.416 e. The van der Waals surface area contributed by atoms with Gasteiger partial charge in [-0.25, -0.2) is 0 Å². The van der Waals surface area contributed by atoms with E-state index in [1.165, 1.54) is 12.1 Å². The summed E-state index contributed by atoms with van der Waals surface area (Å²) in [4.78, 5) is 0. The number of hydrogen-bond acceptors (Lipinski definition) is 1. The van der Waals surface area contributed by atoms with Crippen LogP contribution in [0, 0.1) is 0 Å². The van der Waals surface area contributed by atoms with E-state index in [0.29, 0.717) is 0 Å². The molecule has 2 aromatic carbocycles. The molecule has 0 saturated carbocycles. The lowest BCUT2D eigenvalue weighted by Crippen LogP contribution is -2.04. The van der Waals surface area contributed by atoms with Crippen LogP contribution in [0.5, 0.6) is 0 Å². The van der Waals surface area contributed by atoms with E-state index < -0.39 is 11.7 Å². The van der Waals surface area contributed by atoms with Crippen LogP contribution in [0.15, 0.2) is 48.5 Å². The van der Waals surface area contributed by atoms with Crippen LogP contribution in [0.1, 0.15) is 24.1 Å². The van der Waals surface area contributed by atoms with Gasteiger partial charge in [0.1, 0.15) is 0 Å². The van der Waals surface area contributed by atoms with Crippen molar-refractivity contribution in [3.63, 3.8) is 0 Å². The van der Waals surface area contributed by atoms with Gasteiger partial charge in [-0.15, -0.1) is 0 Å². The molecule has 1 atom stereocenters. The second-order valence-electron chi connectivity index (χ2n) is 4.49. The van der Waals surface area contributed by atoms with Gasteiger partial charge in [-0.3, -0.25) is 0 Å². The van der Waals surface area contributed by atoms with Gasteiger partial charge in [0, 0.05) is 6.04 Å². The first kappa shape index (κ1) is 13.6. The summed E-state index contributed by atoms with van der Waals surface area (Å²) in [5, 5.41) is 0. The monoisotopic (exact) mass is 265 g/mol. The van der Waals surface area contributed by atoms with Gasteiger partial charge in [-0.2, -0.15) is 13.2 Å². The minimum absolute atomic E-state index is 0.0540. The number of alkyl halides is 3. The molecule has 0 fully saturated rings. The molecule has 0 spiro atoms. The molecule has 0 radical (unpaired) electrons. The van der Waals surface area contributed by atoms with Crippen LogP contribution in [-0.4, -0.2) is 0 Å². The minimum atomic E-state index is -4.29. The summed E-state index contributed by atoms with van der Waals surface area (Å²) < 4.78 is 37.3. The Morgan fingerprint density at radius 3 is 1.63 bits per heavy atom. The third-order valence-corrected chi connectivity index (χ3v) is 2.98. The van der Waals surface area contributed by atoms with Crippen molar-refractivity contribution in [1.29, 1.82) is 0 Å². The van der Waals surface area contributed by atoms with Crippen molar-refractivity contribution in [1.82, 2.24) is 0 Å². The highest BCUT2D eigenvalue weighted by Crippen LogP contribution is 2.31. The molecule has 2 N–H and O–H groups in total. The quantitative estimate of drug-likeness (QED) is 0.856. The summed E-state index contributed by atoms with van der Waals surface area (Å²) in [5.74, 6) is 0. The van der Waals surface area contributed by atoms with Crippen LogP contribution in [-0.2, 0) is 6.18 Å². The van der Waals surface area contributed by atoms with Crippen LogP contribution >= 0.6 is 0 Å². The van der Waals surface area contributed by atoms with Gasteiger partial charge in [-0.05, 0) is 35.7 Å². The van der Waals surface area contributed by atoms with E-state index in [0.717, 1.165) is 28.8 Å². The molecule has 0 saturated heterocycles. The Morgan fingerprint density at radius 1 is 0.842 bits per heavy atom. The van der Waals surface area contributed by atoms with Gasteiger partial charge in [0.25, 0.3) is 0 Å². The first-order chi connectivity index (χ1) is 8.88. The molecule has 0 amide bonds. The van der Waals surface area contributed by atoms with E-state index in [-0.39, 0.29) is 6.04 Å². The summed E-state index contributed by atoms with van der Waals surface area (Å²) in [6.45, 7) is 1.88. The molecule has 19 heavy (non-hydrogen) atoms. The highest BCUT2D eigenvalue weighted by Gasteiger charge is 2.29. The highest BCUT2D eigenvalue weighted by atomic mass is 19.4. The van der Waals surface area contributed by atoms with Gasteiger partial charge in [0.2, 0.25) is 0 Å². The lowest BCUT2D eigenvalue weighted by molar-refractivity contribution is -0.137. The Hall–Kier alpha value is -1.81. The molecule has 4 heteroatoms. The molecule has 100 valence electrons. The zero-order chi connectivity index (χ0) is 14.0. The summed E-state index contributed by atoms with van der Waals surface area (Å²) >= 11 is 0. The van der Waals surface area contributed by atoms with Crippen molar-refractivity contribution in [2.24, 2.45) is 5.73 Å². The molecular weight excluding hydrogens is 251 g/mol. The van der Waals surface area contributed by atoms with E-state index in [1.807, 2.05) is 31.2 Å². The molecule has 0 heterocycles.